The quantitative estimate of drug-likeness (QED) is 0.851. The van der Waals surface area contributed by atoms with Crippen molar-refractivity contribution in [2.45, 2.75) is 46.1 Å². The Kier molecular flexibility index (Phi) is 4.67. The minimum absolute atomic E-state index is 0.0954. The van der Waals surface area contributed by atoms with Gasteiger partial charge in [-0.15, -0.1) is 0 Å². The molecule has 3 heteroatoms. The predicted octanol–water partition coefficient (Wildman–Crippen LogP) is 2.87. The van der Waals surface area contributed by atoms with Crippen LogP contribution >= 0.6 is 0 Å². The molecule has 0 aliphatic heterocycles. The summed E-state index contributed by atoms with van der Waals surface area (Å²) in [5.41, 5.74) is 0.473. The maximum absolute atomic E-state index is 12.1. The number of rotatable bonds is 5. The van der Waals surface area contributed by atoms with Crippen molar-refractivity contribution in [3.05, 3.63) is 30.1 Å². The van der Waals surface area contributed by atoms with Crippen molar-refractivity contribution in [1.82, 2.24) is 10.3 Å². The van der Waals surface area contributed by atoms with Crippen LogP contribution in [0.2, 0.25) is 0 Å². The first-order chi connectivity index (χ1) is 8.01. The van der Waals surface area contributed by atoms with Gasteiger partial charge in [-0.05, 0) is 38.8 Å². The van der Waals surface area contributed by atoms with Gasteiger partial charge < -0.3 is 5.32 Å². The fourth-order valence-corrected chi connectivity index (χ4v) is 1.87. The summed E-state index contributed by atoms with van der Waals surface area (Å²) in [6.45, 7) is 8.05. The van der Waals surface area contributed by atoms with Gasteiger partial charge in [-0.2, -0.15) is 0 Å². The second kappa shape index (κ2) is 5.80. The van der Waals surface area contributed by atoms with Crippen LogP contribution in [0.4, 0.5) is 0 Å². The van der Waals surface area contributed by atoms with Crippen LogP contribution in [0.15, 0.2) is 24.4 Å². The molecule has 94 valence electrons. The van der Waals surface area contributed by atoms with Crippen LogP contribution in [0, 0.1) is 5.92 Å². The van der Waals surface area contributed by atoms with Gasteiger partial charge >= 0.3 is 0 Å². The number of nitrogens with zero attached hydrogens (tertiary/aromatic N) is 1. The van der Waals surface area contributed by atoms with E-state index in [0.717, 1.165) is 18.5 Å². The van der Waals surface area contributed by atoms with Gasteiger partial charge in [0.1, 0.15) is 0 Å². The van der Waals surface area contributed by atoms with E-state index in [-0.39, 0.29) is 11.8 Å². The van der Waals surface area contributed by atoms with Crippen molar-refractivity contribution in [3.8, 4) is 0 Å². The minimum Gasteiger partial charge on any atom is -0.345 e. The van der Waals surface area contributed by atoms with E-state index < -0.39 is 5.54 Å². The fraction of sp³-hybridized carbons (Fsp3) is 0.571. The summed E-state index contributed by atoms with van der Waals surface area (Å²) in [5.74, 6) is 0.212. The van der Waals surface area contributed by atoms with Crippen LogP contribution in [0.5, 0.6) is 0 Å². The average molecular weight is 234 g/mol. The molecular weight excluding hydrogens is 212 g/mol. The molecule has 0 saturated carbocycles. The third-order valence-corrected chi connectivity index (χ3v) is 3.10. The number of carbonyl (C=O) groups excluding carboxylic acids is 1. The van der Waals surface area contributed by atoms with Gasteiger partial charge in [0.25, 0.3) is 0 Å². The number of hydrogen-bond donors (Lipinski definition) is 1. The second-order valence-corrected chi connectivity index (χ2v) is 4.84. The Morgan fingerprint density at radius 1 is 1.35 bits per heavy atom. The van der Waals surface area contributed by atoms with Gasteiger partial charge in [-0.3, -0.25) is 9.78 Å². The molecule has 0 unspecified atom stereocenters. The first-order valence-electron chi connectivity index (χ1n) is 6.24. The third kappa shape index (κ3) is 3.55. The van der Waals surface area contributed by atoms with E-state index >= 15 is 0 Å². The molecule has 0 atom stereocenters. The van der Waals surface area contributed by atoms with Crippen LogP contribution in [0.25, 0.3) is 0 Å². The molecular formula is C14H22N2O. The molecule has 3 nitrogen and oxygen atoms in total. The molecule has 1 amide bonds. The Hall–Kier alpha value is -1.38. The SMILES string of the molecule is CCC(CC)C(=O)NC(C)(C)c1ccccn1. The number of nitrogens with one attached hydrogen (secondary N) is 1. The third-order valence-electron chi connectivity index (χ3n) is 3.10. The van der Waals surface area contributed by atoms with Gasteiger partial charge in [0.15, 0.2) is 0 Å². The first kappa shape index (κ1) is 13.7. The fourth-order valence-electron chi connectivity index (χ4n) is 1.87. The highest BCUT2D eigenvalue weighted by Crippen LogP contribution is 2.19. The lowest BCUT2D eigenvalue weighted by Gasteiger charge is -2.27. The summed E-state index contributed by atoms with van der Waals surface area (Å²) in [6.07, 6.45) is 3.50. The lowest BCUT2D eigenvalue weighted by Crippen LogP contribution is -2.44. The van der Waals surface area contributed by atoms with E-state index in [1.165, 1.54) is 0 Å². The number of aromatic nitrogens is 1. The molecule has 1 heterocycles. The van der Waals surface area contributed by atoms with Gasteiger partial charge in [0.2, 0.25) is 5.91 Å². The van der Waals surface area contributed by atoms with Crippen molar-refractivity contribution in [2.24, 2.45) is 5.92 Å². The summed E-state index contributed by atoms with van der Waals surface area (Å²) in [4.78, 5) is 16.4. The molecule has 0 aliphatic rings. The van der Waals surface area contributed by atoms with Crippen molar-refractivity contribution in [2.75, 3.05) is 0 Å². The van der Waals surface area contributed by atoms with Crippen molar-refractivity contribution in [3.63, 3.8) is 0 Å². The molecule has 1 N–H and O–H groups in total. The van der Waals surface area contributed by atoms with Crippen LogP contribution in [0.3, 0.4) is 0 Å². The number of hydrogen-bond acceptors (Lipinski definition) is 2. The van der Waals surface area contributed by atoms with Crippen LogP contribution in [-0.2, 0) is 10.3 Å². The molecule has 17 heavy (non-hydrogen) atoms. The lowest BCUT2D eigenvalue weighted by atomic mass is 9.96. The summed E-state index contributed by atoms with van der Waals surface area (Å²) >= 11 is 0. The van der Waals surface area contributed by atoms with E-state index in [4.69, 9.17) is 0 Å². The molecule has 0 aromatic carbocycles. The van der Waals surface area contributed by atoms with E-state index in [9.17, 15) is 4.79 Å². The largest absolute Gasteiger partial charge is 0.345 e. The Bertz CT molecular complexity index is 356. The normalized spacial score (nSPS) is 11.6. The summed E-state index contributed by atoms with van der Waals surface area (Å²) in [7, 11) is 0. The molecule has 0 fully saturated rings. The van der Waals surface area contributed by atoms with Crippen molar-refractivity contribution >= 4 is 5.91 Å². The molecule has 0 aliphatic carbocycles. The van der Waals surface area contributed by atoms with Crippen molar-refractivity contribution < 1.29 is 4.79 Å². The van der Waals surface area contributed by atoms with Crippen LogP contribution in [-0.4, -0.2) is 10.9 Å². The van der Waals surface area contributed by atoms with Gasteiger partial charge in [0.05, 0.1) is 11.2 Å². The smallest absolute Gasteiger partial charge is 0.223 e. The van der Waals surface area contributed by atoms with Crippen LogP contribution in [0.1, 0.15) is 46.2 Å². The molecule has 0 spiro atoms. The lowest BCUT2D eigenvalue weighted by molar-refractivity contribution is -0.127. The molecule has 1 aromatic rings. The van der Waals surface area contributed by atoms with E-state index in [0.29, 0.717) is 0 Å². The highest BCUT2D eigenvalue weighted by atomic mass is 16.2. The van der Waals surface area contributed by atoms with Gasteiger partial charge in [0, 0.05) is 12.1 Å². The predicted molar refractivity (Wildman–Crippen MR) is 69.5 cm³/mol. The van der Waals surface area contributed by atoms with E-state index in [1.54, 1.807) is 6.20 Å². The highest BCUT2D eigenvalue weighted by molar-refractivity contribution is 5.79. The topological polar surface area (TPSA) is 42.0 Å². The molecule has 0 bridgehead atoms. The molecule has 0 radical (unpaired) electrons. The van der Waals surface area contributed by atoms with Gasteiger partial charge in [-0.25, -0.2) is 0 Å². The Morgan fingerprint density at radius 3 is 2.47 bits per heavy atom. The monoisotopic (exact) mass is 234 g/mol. The summed E-state index contributed by atoms with van der Waals surface area (Å²) < 4.78 is 0. The maximum atomic E-state index is 12.1. The number of pyridine rings is 1. The standard InChI is InChI=1S/C14H22N2O/c1-5-11(6-2)13(17)16-14(3,4)12-9-7-8-10-15-12/h7-11H,5-6H2,1-4H3,(H,16,17). The minimum atomic E-state index is -0.416. The summed E-state index contributed by atoms with van der Waals surface area (Å²) in [5, 5.41) is 3.07. The summed E-state index contributed by atoms with van der Waals surface area (Å²) in [6, 6.07) is 5.75. The highest BCUT2D eigenvalue weighted by Gasteiger charge is 2.26. The number of amides is 1. The van der Waals surface area contributed by atoms with Crippen molar-refractivity contribution in [1.29, 1.82) is 0 Å². The van der Waals surface area contributed by atoms with Crippen LogP contribution < -0.4 is 5.32 Å². The maximum Gasteiger partial charge on any atom is 0.223 e. The van der Waals surface area contributed by atoms with E-state index in [1.807, 2.05) is 45.9 Å². The first-order valence-corrected chi connectivity index (χ1v) is 6.24. The zero-order valence-corrected chi connectivity index (χ0v) is 11.2. The average Bonchev–Trinajstić information content (AvgIpc) is 2.31. The molecule has 1 aromatic heterocycles. The van der Waals surface area contributed by atoms with E-state index in [2.05, 4.69) is 10.3 Å². The number of carbonyl (C=O) groups is 1. The Morgan fingerprint density at radius 2 is 2.00 bits per heavy atom. The Balaban J connectivity index is 2.76. The molecule has 1 rings (SSSR count). The zero-order chi connectivity index (χ0) is 12.9. The second-order valence-electron chi connectivity index (χ2n) is 4.84. The molecule has 0 saturated heterocycles. The zero-order valence-electron chi connectivity index (χ0n) is 11.2. The Labute approximate surface area is 104 Å². The van der Waals surface area contributed by atoms with Gasteiger partial charge in [-0.1, -0.05) is 19.9 Å².